The number of hydrogen-bond acceptors (Lipinski definition) is 4. The summed E-state index contributed by atoms with van der Waals surface area (Å²) in [6, 6.07) is 7.98. The van der Waals surface area contributed by atoms with E-state index in [1.165, 1.54) is 16.9 Å². The second kappa shape index (κ2) is 8.96. The molecule has 2 aromatic rings. The number of ether oxygens (including phenoxy) is 1. The molecular weight excluding hydrogens is 353 g/mol. The first-order valence-corrected chi connectivity index (χ1v) is 8.64. The van der Waals surface area contributed by atoms with Gasteiger partial charge in [0.2, 0.25) is 5.91 Å². The third-order valence-corrected chi connectivity index (χ3v) is 4.19. The van der Waals surface area contributed by atoms with Crippen molar-refractivity contribution in [2.45, 2.75) is 25.9 Å². The van der Waals surface area contributed by atoms with E-state index in [0.29, 0.717) is 12.1 Å². The smallest absolute Gasteiger partial charge is 0.372 e. The maximum Gasteiger partial charge on any atom is 0.411 e. The molecule has 0 spiro atoms. The highest BCUT2D eigenvalue weighted by molar-refractivity contribution is 7.13. The second-order valence-corrected chi connectivity index (χ2v) is 6.42. The SMILES string of the molecule is Cc1ccc(-c2nc(CC(=O)NCCCOCC(F)(F)F)cs2)cc1. The van der Waals surface area contributed by atoms with Crippen LogP contribution in [0.15, 0.2) is 29.6 Å². The number of amides is 1. The summed E-state index contributed by atoms with van der Waals surface area (Å²) in [6.07, 6.45) is -3.84. The molecule has 0 aliphatic carbocycles. The molecule has 0 unspecified atom stereocenters. The normalized spacial score (nSPS) is 11.5. The van der Waals surface area contributed by atoms with Crippen LogP contribution in [0, 0.1) is 6.92 Å². The van der Waals surface area contributed by atoms with Crippen LogP contribution in [-0.4, -0.2) is 36.8 Å². The van der Waals surface area contributed by atoms with E-state index in [-0.39, 0.29) is 25.5 Å². The van der Waals surface area contributed by atoms with Crippen molar-refractivity contribution in [1.82, 2.24) is 10.3 Å². The lowest BCUT2D eigenvalue weighted by molar-refractivity contribution is -0.174. The highest BCUT2D eigenvalue weighted by Crippen LogP contribution is 2.24. The van der Waals surface area contributed by atoms with Crippen LogP contribution in [0.1, 0.15) is 17.7 Å². The van der Waals surface area contributed by atoms with E-state index in [9.17, 15) is 18.0 Å². The average molecular weight is 372 g/mol. The molecule has 136 valence electrons. The van der Waals surface area contributed by atoms with Crippen molar-refractivity contribution in [2.75, 3.05) is 19.8 Å². The second-order valence-electron chi connectivity index (χ2n) is 5.56. The molecule has 1 aromatic carbocycles. The lowest BCUT2D eigenvalue weighted by atomic mass is 10.2. The molecule has 0 aliphatic heterocycles. The number of halogens is 3. The Morgan fingerprint density at radius 2 is 2.00 bits per heavy atom. The molecule has 1 heterocycles. The number of carbonyl (C=O) groups is 1. The average Bonchev–Trinajstić information content (AvgIpc) is 2.99. The summed E-state index contributed by atoms with van der Waals surface area (Å²) in [7, 11) is 0. The Morgan fingerprint density at radius 1 is 1.28 bits per heavy atom. The number of rotatable bonds is 8. The zero-order valence-electron chi connectivity index (χ0n) is 13.7. The number of alkyl halides is 3. The summed E-state index contributed by atoms with van der Waals surface area (Å²) >= 11 is 1.47. The van der Waals surface area contributed by atoms with Crippen molar-refractivity contribution in [3.63, 3.8) is 0 Å². The fourth-order valence-corrected chi connectivity index (χ4v) is 2.86. The number of hydrogen-bond donors (Lipinski definition) is 1. The molecule has 0 fully saturated rings. The predicted octanol–water partition coefficient (Wildman–Crippen LogP) is 3.75. The largest absolute Gasteiger partial charge is 0.411 e. The van der Waals surface area contributed by atoms with Gasteiger partial charge >= 0.3 is 6.18 Å². The molecule has 0 aliphatic rings. The van der Waals surface area contributed by atoms with Gasteiger partial charge in [-0.25, -0.2) is 4.98 Å². The van der Waals surface area contributed by atoms with Gasteiger partial charge < -0.3 is 10.1 Å². The van der Waals surface area contributed by atoms with Crippen molar-refractivity contribution in [3.05, 3.63) is 40.9 Å². The summed E-state index contributed by atoms with van der Waals surface area (Å²) in [6.45, 7) is 0.969. The van der Waals surface area contributed by atoms with Gasteiger partial charge in [0.05, 0.1) is 12.1 Å². The van der Waals surface area contributed by atoms with Gasteiger partial charge in [0.1, 0.15) is 11.6 Å². The molecule has 1 aromatic heterocycles. The zero-order chi connectivity index (χ0) is 18.3. The molecule has 1 N–H and O–H groups in total. The molecule has 8 heteroatoms. The predicted molar refractivity (Wildman–Crippen MR) is 90.5 cm³/mol. The van der Waals surface area contributed by atoms with Gasteiger partial charge in [0.15, 0.2) is 0 Å². The number of aryl methyl sites for hydroxylation is 1. The summed E-state index contributed by atoms with van der Waals surface area (Å²) in [5.41, 5.74) is 2.84. The summed E-state index contributed by atoms with van der Waals surface area (Å²) in [4.78, 5) is 16.3. The molecule has 2 rings (SSSR count). The number of thiazole rings is 1. The summed E-state index contributed by atoms with van der Waals surface area (Å²) in [5, 5.41) is 5.33. The quantitative estimate of drug-likeness (QED) is 0.718. The lowest BCUT2D eigenvalue weighted by Gasteiger charge is -2.08. The molecule has 0 saturated carbocycles. The van der Waals surface area contributed by atoms with Gasteiger partial charge in [0.25, 0.3) is 0 Å². The monoisotopic (exact) mass is 372 g/mol. The van der Waals surface area contributed by atoms with Gasteiger partial charge in [-0.1, -0.05) is 29.8 Å². The Morgan fingerprint density at radius 3 is 2.68 bits per heavy atom. The molecule has 0 bridgehead atoms. The van der Waals surface area contributed by atoms with Crippen LogP contribution in [0.5, 0.6) is 0 Å². The van der Waals surface area contributed by atoms with Crippen LogP contribution in [0.25, 0.3) is 10.6 Å². The van der Waals surface area contributed by atoms with E-state index < -0.39 is 12.8 Å². The topological polar surface area (TPSA) is 51.2 Å². The first-order valence-electron chi connectivity index (χ1n) is 7.76. The molecule has 1 amide bonds. The molecule has 4 nitrogen and oxygen atoms in total. The highest BCUT2D eigenvalue weighted by Gasteiger charge is 2.27. The van der Waals surface area contributed by atoms with E-state index in [4.69, 9.17) is 0 Å². The van der Waals surface area contributed by atoms with E-state index in [2.05, 4.69) is 15.0 Å². The Balaban J connectivity index is 1.70. The minimum atomic E-state index is -4.32. The molecule has 25 heavy (non-hydrogen) atoms. The zero-order valence-corrected chi connectivity index (χ0v) is 14.5. The van der Waals surface area contributed by atoms with Crippen LogP contribution in [0.2, 0.25) is 0 Å². The lowest BCUT2D eigenvalue weighted by Crippen LogP contribution is -2.27. The minimum absolute atomic E-state index is 0.0476. The van der Waals surface area contributed by atoms with Crippen LogP contribution in [0.3, 0.4) is 0 Å². The maximum atomic E-state index is 11.9. The van der Waals surface area contributed by atoms with Gasteiger partial charge in [-0.3, -0.25) is 4.79 Å². The van der Waals surface area contributed by atoms with Crippen LogP contribution in [-0.2, 0) is 16.0 Å². The molecule has 0 radical (unpaired) electrons. The molecule has 0 saturated heterocycles. The number of nitrogens with one attached hydrogen (secondary N) is 1. The van der Waals surface area contributed by atoms with Crippen LogP contribution < -0.4 is 5.32 Å². The number of carbonyl (C=O) groups excluding carboxylic acids is 1. The van der Waals surface area contributed by atoms with Gasteiger partial charge in [-0.15, -0.1) is 11.3 Å². The highest BCUT2D eigenvalue weighted by atomic mass is 32.1. The first kappa shape index (κ1) is 19.4. The van der Waals surface area contributed by atoms with Gasteiger partial charge in [-0.05, 0) is 13.3 Å². The number of nitrogens with zero attached hydrogens (tertiary/aromatic N) is 1. The van der Waals surface area contributed by atoms with Crippen molar-refractivity contribution in [3.8, 4) is 10.6 Å². The van der Waals surface area contributed by atoms with Crippen molar-refractivity contribution >= 4 is 17.2 Å². The van der Waals surface area contributed by atoms with Crippen LogP contribution >= 0.6 is 11.3 Å². The van der Waals surface area contributed by atoms with Gasteiger partial charge in [-0.2, -0.15) is 13.2 Å². The Hall–Kier alpha value is -1.93. The molecule has 0 atom stereocenters. The first-order chi connectivity index (χ1) is 11.8. The third-order valence-electron chi connectivity index (χ3n) is 3.25. The van der Waals surface area contributed by atoms with E-state index in [0.717, 1.165) is 10.6 Å². The standard InChI is InChI=1S/C17H19F3N2O2S/c1-12-3-5-13(6-4-12)16-22-14(10-25-16)9-15(23)21-7-2-8-24-11-17(18,19)20/h3-6,10H,2,7-9,11H2,1H3,(H,21,23). The fraction of sp³-hybridized carbons (Fsp3) is 0.412. The molecular formula is C17H19F3N2O2S. The third kappa shape index (κ3) is 7.23. The Kier molecular flexibility index (Phi) is 6.95. The minimum Gasteiger partial charge on any atom is -0.372 e. The number of aromatic nitrogens is 1. The summed E-state index contributed by atoms with van der Waals surface area (Å²) < 4.78 is 40.1. The van der Waals surface area contributed by atoms with E-state index in [1.54, 1.807) is 0 Å². The number of benzene rings is 1. The Labute approximate surface area is 148 Å². The van der Waals surface area contributed by atoms with E-state index >= 15 is 0 Å². The Bertz CT molecular complexity index is 684. The fourth-order valence-electron chi connectivity index (χ4n) is 2.03. The maximum absolute atomic E-state index is 11.9. The van der Waals surface area contributed by atoms with Crippen molar-refractivity contribution in [1.29, 1.82) is 0 Å². The van der Waals surface area contributed by atoms with Crippen LogP contribution in [0.4, 0.5) is 13.2 Å². The summed E-state index contributed by atoms with van der Waals surface area (Å²) in [5.74, 6) is -0.212. The van der Waals surface area contributed by atoms with Crippen molar-refractivity contribution < 1.29 is 22.7 Å². The van der Waals surface area contributed by atoms with Gasteiger partial charge in [0, 0.05) is 24.1 Å². The van der Waals surface area contributed by atoms with E-state index in [1.807, 2.05) is 36.6 Å². The van der Waals surface area contributed by atoms with Crippen molar-refractivity contribution in [2.24, 2.45) is 0 Å².